The number of amides is 2. The van der Waals surface area contributed by atoms with Gasteiger partial charge >= 0.3 is 0 Å². The SMILES string of the molecule is O=C(NC12CC3CC(CC(C3)C1)C2)C1CC(=O)N(c2ccccc2Cl)C1. The van der Waals surface area contributed by atoms with Crippen molar-refractivity contribution < 1.29 is 9.59 Å². The van der Waals surface area contributed by atoms with E-state index in [0.29, 0.717) is 17.3 Å². The van der Waals surface area contributed by atoms with Gasteiger partial charge in [-0.3, -0.25) is 9.59 Å². The van der Waals surface area contributed by atoms with E-state index in [1.165, 1.54) is 19.3 Å². The molecule has 4 saturated carbocycles. The van der Waals surface area contributed by atoms with E-state index in [1.807, 2.05) is 18.2 Å². The zero-order valence-corrected chi connectivity index (χ0v) is 15.7. The summed E-state index contributed by atoms with van der Waals surface area (Å²) in [6.45, 7) is 0.431. The highest BCUT2D eigenvalue weighted by Crippen LogP contribution is 2.55. The van der Waals surface area contributed by atoms with E-state index in [9.17, 15) is 9.59 Å². The Kier molecular flexibility index (Phi) is 3.82. The maximum absolute atomic E-state index is 13.0. The van der Waals surface area contributed by atoms with E-state index in [0.717, 1.165) is 37.0 Å². The second-order valence-corrected chi connectivity index (χ2v) is 9.45. The number of nitrogens with one attached hydrogen (secondary N) is 1. The normalized spacial score (nSPS) is 38.0. The molecule has 1 aromatic rings. The summed E-state index contributed by atoms with van der Waals surface area (Å²) in [5.74, 6) is 2.18. The van der Waals surface area contributed by atoms with Gasteiger partial charge in [0.15, 0.2) is 0 Å². The van der Waals surface area contributed by atoms with Crippen LogP contribution in [0.25, 0.3) is 0 Å². The molecular formula is C21H25ClN2O2. The number of anilines is 1. The lowest BCUT2D eigenvalue weighted by atomic mass is 9.53. The predicted molar refractivity (Wildman–Crippen MR) is 101 cm³/mol. The highest BCUT2D eigenvalue weighted by molar-refractivity contribution is 6.33. The number of rotatable bonds is 3. The fourth-order valence-electron chi connectivity index (χ4n) is 6.41. The van der Waals surface area contributed by atoms with Gasteiger partial charge in [0, 0.05) is 18.5 Å². The summed E-state index contributed by atoms with van der Waals surface area (Å²) in [6, 6.07) is 7.35. The summed E-state index contributed by atoms with van der Waals surface area (Å²) in [5, 5.41) is 3.98. The summed E-state index contributed by atoms with van der Waals surface area (Å²) >= 11 is 6.25. The quantitative estimate of drug-likeness (QED) is 0.877. The molecule has 138 valence electrons. The molecule has 26 heavy (non-hydrogen) atoms. The first-order valence-electron chi connectivity index (χ1n) is 9.88. The Morgan fingerprint density at radius 3 is 2.31 bits per heavy atom. The average Bonchev–Trinajstić information content (AvgIpc) is 2.95. The van der Waals surface area contributed by atoms with E-state index in [1.54, 1.807) is 11.0 Å². The largest absolute Gasteiger partial charge is 0.350 e. The third kappa shape index (κ3) is 2.74. The Hall–Kier alpha value is -1.55. The molecule has 0 spiro atoms. The molecule has 1 N–H and O–H groups in total. The van der Waals surface area contributed by atoms with Gasteiger partial charge in [-0.1, -0.05) is 23.7 Å². The number of halogens is 1. The number of carbonyl (C=O) groups excluding carboxylic acids is 2. The minimum absolute atomic E-state index is 0.00664. The van der Waals surface area contributed by atoms with E-state index in [4.69, 9.17) is 11.6 Å². The van der Waals surface area contributed by atoms with Crippen LogP contribution < -0.4 is 10.2 Å². The number of nitrogens with zero attached hydrogens (tertiary/aromatic N) is 1. The molecule has 5 fully saturated rings. The molecule has 1 atom stereocenters. The number of para-hydroxylation sites is 1. The van der Waals surface area contributed by atoms with E-state index in [2.05, 4.69) is 5.32 Å². The van der Waals surface area contributed by atoms with Gasteiger partial charge in [-0.25, -0.2) is 0 Å². The van der Waals surface area contributed by atoms with Crippen LogP contribution in [-0.4, -0.2) is 23.9 Å². The molecule has 5 aliphatic rings. The van der Waals surface area contributed by atoms with E-state index < -0.39 is 0 Å². The van der Waals surface area contributed by atoms with Gasteiger partial charge in [0.1, 0.15) is 0 Å². The lowest BCUT2D eigenvalue weighted by Gasteiger charge is -2.57. The number of benzene rings is 1. The van der Waals surface area contributed by atoms with Gasteiger partial charge in [-0.05, 0) is 68.4 Å². The van der Waals surface area contributed by atoms with Gasteiger partial charge in [0.05, 0.1) is 16.6 Å². The number of carbonyl (C=O) groups is 2. The van der Waals surface area contributed by atoms with Crippen LogP contribution in [0.3, 0.4) is 0 Å². The summed E-state index contributed by atoms with van der Waals surface area (Å²) < 4.78 is 0. The average molecular weight is 373 g/mol. The van der Waals surface area contributed by atoms with E-state index in [-0.39, 0.29) is 29.7 Å². The van der Waals surface area contributed by atoms with Gasteiger partial charge in [-0.15, -0.1) is 0 Å². The minimum atomic E-state index is -0.272. The zero-order chi connectivity index (χ0) is 17.9. The second kappa shape index (κ2) is 5.98. The van der Waals surface area contributed by atoms with Crippen molar-refractivity contribution in [2.45, 2.75) is 50.5 Å². The maximum Gasteiger partial charge on any atom is 0.227 e. The summed E-state index contributed by atoms with van der Waals surface area (Å²) in [4.78, 5) is 27.2. The summed E-state index contributed by atoms with van der Waals surface area (Å²) in [6.07, 6.45) is 7.77. The molecule has 1 unspecified atom stereocenters. The van der Waals surface area contributed by atoms with Crippen LogP contribution in [0.5, 0.6) is 0 Å². The number of hydrogen-bond acceptors (Lipinski definition) is 2. The van der Waals surface area contributed by atoms with Crippen molar-refractivity contribution in [2.24, 2.45) is 23.7 Å². The first-order chi connectivity index (χ1) is 12.5. The van der Waals surface area contributed by atoms with Crippen molar-refractivity contribution >= 4 is 29.1 Å². The lowest BCUT2D eigenvalue weighted by molar-refractivity contribution is -0.131. The second-order valence-electron chi connectivity index (χ2n) is 9.04. The Morgan fingerprint density at radius 1 is 1.08 bits per heavy atom. The zero-order valence-electron chi connectivity index (χ0n) is 14.9. The van der Waals surface area contributed by atoms with Crippen molar-refractivity contribution in [1.82, 2.24) is 5.32 Å². The molecule has 0 aromatic heterocycles. The van der Waals surface area contributed by atoms with Crippen molar-refractivity contribution in [3.05, 3.63) is 29.3 Å². The highest BCUT2D eigenvalue weighted by atomic mass is 35.5. The molecule has 1 heterocycles. The van der Waals surface area contributed by atoms with E-state index >= 15 is 0 Å². The Balaban J connectivity index is 1.30. The topological polar surface area (TPSA) is 49.4 Å². The molecule has 0 radical (unpaired) electrons. The van der Waals surface area contributed by atoms with Gasteiger partial charge in [0.2, 0.25) is 11.8 Å². The van der Waals surface area contributed by atoms with Crippen LogP contribution in [0.2, 0.25) is 5.02 Å². The highest BCUT2D eigenvalue weighted by Gasteiger charge is 2.52. The summed E-state index contributed by atoms with van der Waals surface area (Å²) in [7, 11) is 0. The van der Waals surface area contributed by atoms with Gasteiger partial charge in [0.25, 0.3) is 0 Å². The third-order valence-electron chi connectivity index (χ3n) is 7.07. The number of hydrogen-bond donors (Lipinski definition) is 1. The third-order valence-corrected chi connectivity index (χ3v) is 7.39. The summed E-state index contributed by atoms with van der Waals surface area (Å²) in [5.41, 5.74) is 0.719. The standard InChI is InChI=1S/C21H25ClN2O2/c22-17-3-1-2-4-18(17)24-12-16(8-19(24)25)20(26)23-21-9-13-5-14(10-21)7-15(6-13)11-21/h1-4,13-16H,5-12H2,(H,23,26). The van der Waals surface area contributed by atoms with Crippen LogP contribution >= 0.6 is 11.6 Å². The first-order valence-corrected chi connectivity index (χ1v) is 10.3. The molecule has 6 rings (SSSR count). The Bertz CT molecular complexity index is 727. The van der Waals surface area contributed by atoms with Crippen LogP contribution in [-0.2, 0) is 9.59 Å². The molecule has 5 heteroatoms. The molecule has 1 aliphatic heterocycles. The Labute approximate surface area is 159 Å². The van der Waals surface area contributed by atoms with Crippen LogP contribution in [0, 0.1) is 23.7 Å². The monoisotopic (exact) mass is 372 g/mol. The Morgan fingerprint density at radius 2 is 1.69 bits per heavy atom. The van der Waals surface area contributed by atoms with Crippen LogP contribution in [0.4, 0.5) is 5.69 Å². The van der Waals surface area contributed by atoms with Gasteiger partial charge in [-0.2, -0.15) is 0 Å². The van der Waals surface area contributed by atoms with Crippen molar-refractivity contribution in [3.8, 4) is 0 Å². The first kappa shape index (κ1) is 16.6. The van der Waals surface area contributed by atoms with Crippen molar-refractivity contribution in [1.29, 1.82) is 0 Å². The predicted octanol–water partition coefficient (Wildman–Crippen LogP) is 3.78. The molecule has 2 amide bonds. The molecular weight excluding hydrogens is 348 g/mol. The molecule has 1 aromatic carbocycles. The van der Waals surface area contributed by atoms with Gasteiger partial charge < -0.3 is 10.2 Å². The fraction of sp³-hybridized carbons (Fsp3) is 0.619. The lowest BCUT2D eigenvalue weighted by Crippen LogP contribution is -2.60. The molecule has 4 nitrogen and oxygen atoms in total. The molecule has 4 bridgehead atoms. The van der Waals surface area contributed by atoms with Crippen LogP contribution in [0.1, 0.15) is 44.9 Å². The smallest absolute Gasteiger partial charge is 0.227 e. The van der Waals surface area contributed by atoms with Crippen molar-refractivity contribution in [3.63, 3.8) is 0 Å². The minimum Gasteiger partial charge on any atom is -0.350 e. The van der Waals surface area contributed by atoms with Crippen molar-refractivity contribution in [2.75, 3.05) is 11.4 Å². The molecule has 4 aliphatic carbocycles. The maximum atomic E-state index is 13.0. The van der Waals surface area contributed by atoms with Crippen LogP contribution in [0.15, 0.2) is 24.3 Å². The molecule has 1 saturated heterocycles. The fourth-order valence-corrected chi connectivity index (χ4v) is 6.65.